The summed E-state index contributed by atoms with van der Waals surface area (Å²) in [6.07, 6.45) is 4.52. The van der Waals surface area contributed by atoms with E-state index in [2.05, 4.69) is 20.8 Å². The largest absolute Gasteiger partial charge is 0.399 e. The van der Waals surface area contributed by atoms with E-state index in [9.17, 15) is 14.0 Å². The number of nitrogens with one attached hydrogen (secondary N) is 2. The second kappa shape index (κ2) is 11.8. The van der Waals surface area contributed by atoms with Crippen LogP contribution in [0.5, 0.6) is 0 Å². The molecular formula is C26H30FN5O4. The van der Waals surface area contributed by atoms with Crippen LogP contribution in [0.2, 0.25) is 0 Å². The summed E-state index contributed by atoms with van der Waals surface area (Å²) in [5.41, 5.74) is 1.96. The van der Waals surface area contributed by atoms with E-state index in [1.165, 1.54) is 17.7 Å². The van der Waals surface area contributed by atoms with E-state index in [0.717, 1.165) is 25.7 Å². The molecule has 9 nitrogen and oxygen atoms in total. The number of halogens is 1. The summed E-state index contributed by atoms with van der Waals surface area (Å²) < 4.78 is 19.1. The highest BCUT2D eigenvalue weighted by Crippen LogP contribution is 2.37. The molecule has 190 valence electrons. The van der Waals surface area contributed by atoms with Gasteiger partial charge in [0.05, 0.1) is 12.3 Å². The summed E-state index contributed by atoms with van der Waals surface area (Å²) in [7, 11) is 1.73. The van der Waals surface area contributed by atoms with Gasteiger partial charge in [0, 0.05) is 25.7 Å². The Labute approximate surface area is 208 Å². The van der Waals surface area contributed by atoms with Crippen LogP contribution in [0, 0.1) is 11.7 Å². The third-order valence-electron chi connectivity index (χ3n) is 6.55. The van der Waals surface area contributed by atoms with Gasteiger partial charge in [0.2, 0.25) is 5.91 Å². The van der Waals surface area contributed by atoms with Crippen molar-refractivity contribution in [3.05, 3.63) is 65.8 Å². The molecule has 2 aromatic carbocycles. The van der Waals surface area contributed by atoms with Crippen molar-refractivity contribution in [2.24, 2.45) is 5.92 Å². The Kier molecular flexibility index (Phi) is 8.27. The van der Waals surface area contributed by atoms with Gasteiger partial charge in [0.25, 0.3) is 0 Å². The number of carbonyl (C=O) groups excluding carboxylic acids is 2. The Morgan fingerprint density at radius 1 is 1.08 bits per heavy atom. The average Bonchev–Trinajstić information content (AvgIpc) is 3.35. The van der Waals surface area contributed by atoms with Crippen molar-refractivity contribution in [2.75, 3.05) is 30.8 Å². The number of aromatic nitrogens is 2. The summed E-state index contributed by atoms with van der Waals surface area (Å²) in [4.78, 5) is 26.3. The molecule has 0 unspecified atom stereocenters. The van der Waals surface area contributed by atoms with Gasteiger partial charge in [-0.3, -0.25) is 9.59 Å². The summed E-state index contributed by atoms with van der Waals surface area (Å²) in [5, 5.41) is 21.8. The van der Waals surface area contributed by atoms with Crippen LogP contribution in [0.15, 0.2) is 52.9 Å². The minimum absolute atomic E-state index is 0.0198. The molecule has 4 rings (SSSR count). The van der Waals surface area contributed by atoms with Gasteiger partial charge >= 0.3 is 17.8 Å². The van der Waals surface area contributed by atoms with Crippen molar-refractivity contribution in [3.63, 3.8) is 0 Å². The SMILES string of the molecule is CN(CCO)C(=O)CC1CCC(c2ccc(NC(=O)c3nnc(Nc4ccccc4F)o3)cc2)CC1. The quantitative estimate of drug-likeness (QED) is 0.404. The van der Waals surface area contributed by atoms with Crippen molar-refractivity contribution in [1.82, 2.24) is 15.1 Å². The van der Waals surface area contributed by atoms with E-state index in [0.29, 0.717) is 30.5 Å². The fraction of sp³-hybridized carbons (Fsp3) is 0.385. The zero-order valence-electron chi connectivity index (χ0n) is 20.1. The Balaban J connectivity index is 1.27. The lowest BCUT2D eigenvalue weighted by Crippen LogP contribution is -2.31. The van der Waals surface area contributed by atoms with E-state index in [1.807, 2.05) is 24.3 Å². The van der Waals surface area contributed by atoms with E-state index >= 15 is 0 Å². The molecule has 1 aliphatic carbocycles. The molecule has 10 heteroatoms. The first-order chi connectivity index (χ1) is 17.4. The highest BCUT2D eigenvalue weighted by molar-refractivity contribution is 6.00. The highest BCUT2D eigenvalue weighted by Gasteiger charge is 2.25. The molecule has 3 N–H and O–H groups in total. The van der Waals surface area contributed by atoms with Crippen molar-refractivity contribution in [1.29, 1.82) is 0 Å². The van der Waals surface area contributed by atoms with Gasteiger partial charge in [-0.15, -0.1) is 5.10 Å². The molecule has 0 saturated heterocycles. The van der Waals surface area contributed by atoms with Crippen molar-refractivity contribution < 1.29 is 23.5 Å². The Bertz CT molecular complexity index is 1180. The van der Waals surface area contributed by atoms with Crippen molar-refractivity contribution in [2.45, 2.75) is 38.0 Å². The molecule has 0 atom stereocenters. The third kappa shape index (κ3) is 6.45. The first-order valence-corrected chi connectivity index (χ1v) is 12.0. The van der Waals surface area contributed by atoms with Gasteiger partial charge in [-0.05, 0) is 67.3 Å². The normalized spacial score (nSPS) is 17.4. The van der Waals surface area contributed by atoms with Crippen LogP contribution in [0.1, 0.15) is 54.3 Å². The number of rotatable bonds is 9. The van der Waals surface area contributed by atoms with Crippen LogP contribution in [0.25, 0.3) is 0 Å². The summed E-state index contributed by atoms with van der Waals surface area (Å²) in [6, 6.07) is 13.6. The molecule has 1 fully saturated rings. The molecule has 1 aromatic heterocycles. The molecule has 1 saturated carbocycles. The number of carbonyl (C=O) groups is 2. The molecule has 1 aliphatic rings. The fourth-order valence-electron chi connectivity index (χ4n) is 4.44. The summed E-state index contributed by atoms with van der Waals surface area (Å²) >= 11 is 0. The lowest BCUT2D eigenvalue weighted by atomic mass is 9.77. The van der Waals surface area contributed by atoms with Gasteiger partial charge in [0.15, 0.2) is 0 Å². The molecule has 2 amide bonds. The van der Waals surface area contributed by atoms with E-state index in [-0.39, 0.29) is 30.1 Å². The number of aliphatic hydroxyl groups is 1. The van der Waals surface area contributed by atoms with E-state index in [1.54, 1.807) is 24.1 Å². The number of anilines is 3. The number of likely N-dealkylation sites (N-methyl/N-ethyl adjacent to an activating group) is 1. The topological polar surface area (TPSA) is 121 Å². The standard InChI is InChI=1S/C26H30FN5O4/c1-32(14-15-33)23(34)16-17-6-8-18(9-7-17)19-10-12-20(13-11-19)28-24(35)25-30-31-26(36-25)29-22-5-3-2-4-21(22)27/h2-5,10-13,17-18,33H,6-9,14-16H2,1H3,(H,28,35)(H,29,31). The second-order valence-electron chi connectivity index (χ2n) is 9.05. The fourth-order valence-corrected chi connectivity index (χ4v) is 4.44. The van der Waals surface area contributed by atoms with Crippen LogP contribution in [-0.4, -0.2) is 52.2 Å². The predicted molar refractivity (Wildman–Crippen MR) is 132 cm³/mol. The Morgan fingerprint density at radius 2 is 1.81 bits per heavy atom. The van der Waals surface area contributed by atoms with E-state index < -0.39 is 11.7 Å². The maximum atomic E-state index is 13.8. The zero-order chi connectivity index (χ0) is 25.5. The van der Waals surface area contributed by atoms with Crippen LogP contribution < -0.4 is 10.6 Å². The molecule has 0 radical (unpaired) electrons. The first-order valence-electron chi connectivity index (χ1n) is 12.0. The molecule has 0 spiro atoms. The molecule has 0 bridgehead atoms. The molecule has 0 aliphatic heterocycles. The van der Waals surface area contributed by atoms with Gasteiger partial charge in [-0.2, -0.15) is 0 Å². The number of benzene rings is 2. The molecule has 3 aromatic rings. The average molecular weight is 496 g/mol. The monoisotopic (exact) mass is 495 g/mol. The number of hydrogen-bond acceptors (Lipinski definition) is 7. The van der Waals surface area contributed by atoms with Crippen molar-refractivity contribution in [3.8, 4) is 0 Å². The number of nitrogens with zero attached hydrogens (tertiary/aromatic N) is 3. The minimum atomic E-state index is -0.562. The Hall–Kier alpha value is -3.79. The third-order valence-corrected chi connectivity index (χ3v) is 6.55. The highest BCUT2D eigenvalue weighted by atomic mass is 19.1. The maximum absolute atomic E-state index is 13.8. The smallest absolute Gasteiger partial charge is 0.320 e. The number of aliphatic hydroxyl groups excluding tert-OH is 1. The van der Waals surface area contributed by atoms with Crippen LogP contribution in [0.4, 0.5) is 21.8 Å². The van der Waals surface area contributed by atoms with Crippen LogP contribution in [-0.2, 0) is 4.79 Å². The minimum Gasteiger partial charge on any atom is -0.399 e. The number of para-hydroxylation sites is 1. The van der Waals surface area contributed by atoms with Gasteiger partial charge in [-0.25, -0.2) is 4.39 Å². The van der Waals surface area contributed by atoms with Gasteiger partial charge in [-0.1, -0.05) is 29.4 Å². The molecule has 1 heterocycles. The lowest BCUT2D eigenvalue weighted by molar-refractivity contribution is -0.131. The predicted octanol–water partition coefficient (Wildman–Crippen LogP) is 4.32. The number of amides is 2. The Morgan fingerprint density at radius 3 is 2.50 bits per heavy atom. The van der Waals surface area contributed by atoms with Crippen molar-refractivity contribution >= 4 is 29.2 Å². The molecular weight excluding hydrogens is 465 g/mol. The van der Waals surface area contributed by atoms with Gasteiger partial charge < -0.3 is 25.1 Å². The van der Waals surface area contributed by atoms with Crippen LogP contribution >= 0.6 is 0 Å². The van der Waals surface area contributed by atoms with Gasteiger partial charge in [0.1, 0.15) is 5.82 Å². The molecule has 36 heavy (non-hydrogen) atoms. The second-order valence-corrected chi connectivity index (χ2v) is 9.05. The summed E-state index contributed by atoms with van der Waals surface area (Å²) in [6.45, 7) is 0.351. The first kappa shape index (κ1) is 25.3. The summed E-state index contributed by atoms with van der Waals surface area (Å²) in [5.74, 6) is -0.401. The maximum Gasteiger partial charge on any atom is 0.320 e. The number of hydrogen-bond donors (Lipinski definition) is 3. The van der Waals surface area contributed by atoms with Crippen LogP contribution in [0.3, 0.4) is 0 Å². The lowest BCUT2D eigenvalue weighted by Gasteiger charge is -2.29. The zero-order valence-corrected chi connectivity index (χ0v) is 20.1. The van der Waals surface area contributed by atoms with E-state index in [4.69, 9.17) is 9.52 Å².